The molecule has 2 aromatic carbocycles. The number of rotatable bonds is 4. The number of benzene rings is 2. The Bertz CT molecular complexity index is 1460. The molecule has 172 valence electrons. The van der Waals surface area contributed by atoms with Gasteiger partial charge in [-0.05, 0) is 55.0 Å². The van der Waals surface area contributed by atoms with Crippen molar-refractivity contribution in [1.29, 1.82) is 0 Å². The van der Waals surface area contributed by atoms with Gasteiger partial charge in [0, 0.05) is 15.8 Å². The molecule has 0 bridgehead atoms. The number of halogens is 2. The fourth-order valence-corrected chi connectivity index (χ4v) is 6.15. The van der Waals surface area contributed by atoms with E-state index in [1.54, 1.807) is 18.2 Å². The molecule has 2 heterocycles. The van der Waals surface area contributed by atoms with Crippen LogP contribution in [0, 0.1) is 5.92 Å². The summed E-state index contributed by atoms with van der Waals surface area (Å²) in [6.07, 6.45) is 2.68. The third kappa shape index (κ3) is 4.17. The van der Waals surface area contributed by atoms with Gasteiger partial charge in [0.2, 0.25) is 0 Å². The minimum Gasteiger partial charge on any atom is -0.365 e. The Morgan fingerprint density at radius 2 is 1.91 bits per heavy atom. The number of fused-ring (bicyclic) bond motifs is 2. The maximum absolute atomic E-state index is 13.6. The predicted molar refractivity (Wildman–Crippen MR) is 139 cm³/mol. The Hall–Kier alpha value is -2.93. The van der Waals surface area contributed by atoms with Crippen molar-refractivity contribution >= 4 is 62.3 Å². The van der Waals surface area contributed by atoms with Crippen LogP contribution in [0.1, 0.15) is 44.5 Å². The van der Waals surface area contributed by atoms with E-state index < -0.39 is 5.91 Å². The van der Waals surface area contributed by atoms with Gasteiger partial charge in [0.25, 0.3) is 11.8 Å². The normalized spacial score (nSPS) is 15.2. The molecule has 1 atom stereocenters. The zero-order chi connectivity index (χ0) is 24.0. The summed E-state index contributed by atoms with van der Waals surface area (Å²) in [5.41, 5.74) is 9.60. The van der Waals surface area contributed by atoms with Gasteiger partial charge in [-0.3, -0.25) is 9.59 Å². The first-order valence-electron chi connectivity index (χ1n) is 10.9. The first-order valence-corrected chi connectivity index (χ1v) is 12.5. The monoisotopic (exact) mass is 509 g/mol. The van der Waals surface area contributed by atoms with Crippen molar-refractivity contribution in [2.75, 3.05) is 5.32 Å². The van der Waals surface area contributed by atoms with Crippen molar-refractivity contribution in [3.05, 3.63) is 80.1 Å². The largest absolute Gasteiger partial charge is 0.365 e. The molecule has 5 rings (SSSR count). The molecule has 4 aromatic rings. The number of thiophene rings is 1. The van der Waals surface area contributed by atoms with E-state index in [-0.39, 0.29) is 5.91 Å². The number of aromatic nitrogens is 1. The Morgan fingerprint density at radius 3 is 2.68 bits per heavy atom. The summed E-state index contributed by atoms with van der Waals surface area (Å²) in [6, 6.07) is 14.4. The summed E-state index contributed by atoms with van der Waals surface area (Å²) < 4.78 is 0. The fraction of sp³-hybridized carbons (Fsp3) is 0.192. The third-order valence-corrected chi connectivity index (χ3v) is 8.07. The van der Waals surface area contributed by atoms with Crippen LogP contribution in [0.25, 0.3) is 22.2 Å². The number of hydrogen-bond donors (Lipinski definition) is 2. The van der Waals surface area contributed by atoms with Gasteiger partial charge in [-0.25, -0.2) is 4.98 Å². The molecule has 0 saturated carbocycles. The van der Waals surface area contributed by atoms with Crippen molar-refractivity contribution in [2.24, 2.45) is 11.7 Å². The highest BCUT2D eigenvalue weighted by atomic mass is 35.5. The number of amides is 2. The molecule has 1 aliphatic carbocycles. The first-order chi connectivity index (χ1) is 16.3. The molecule has 5 nitrogen and oxygen atoms in total. The second kappa shape index (κ2) is 9.02. The van der Waals surface area contributed by atoms with E-state index in [9.17, 15) is 9.59 Å². The van der Waals surface area contributed by atoms with Gasteiger partial charge in [-0.15, -0.1) is 11.3 Å². The summed E-state index contributed by atoms with van der Waals surface area (Å²) in [4.78, 5) is 31.7. The Morgan fingerprint density at radius 1 is 1.12 bits per heavy atom. The van der Waals surface area contributed by atoms with E-state index in [0.29, 0.717) is 48.7 Å². The number of nitrogens with two attached hydrogens (primary N) is 1. The lowest BCUT2D eigenvalue weighted by molar-refractivity contribution is 0.1000. The number of nitrogens with one attached hydrogen (secondary N) is 1. The number of primary amides is 1. The molecule has 2 amide bonds. The quantitative estimate of drug-likeness (QED) is 0.319. The summed E-state index contributed by atoms with van der Waals surface area (Å²) in [5, 5.41) is 5.04. The molecular formula is C26H21Cl2N3O2S. The molecule has 1 unspecified atom stereocenters. The third-order valence-electron chi connectivity index (χ3n) is 6.16. The van der Waals surface area contributed by atoms with Crippen LogP contribution in [0.2, 0.25) is 10.0 Å². The SMILES string of the molecule is CC1CCc2c(sc(NC(=O)c3cc(-c4ccc(Cl)c(Cl)c4)nc4ccccc34)c2C(N)=O)C1. The van der Waals surface area contributed by atoms with Crippen molar-refractivity contribution in [3.8, 4) is 11.3 Å². The van der Waals surface area contributed by atoms with Crippen LogP contribution in [0.5, 0.6) is 0 Å². The predicted octanol–water partition coefficient (Wildman–Crippen LogP) is 6.75. The second-order valence-electron chi connectivity index (χ2n) is 8.58. The van der Waals surface area contributed by atoms with E-state index in [2.05, 4.69) is 12.2 Å². The minimum absolute atomic E-state index is 0.325. The highest BCUT2D eigenvalue weighted by molar-refractivity contribution is 7.17. The molecule has 0 saturated heterocycles. The topological polar surface area (TPSA) is 85.1 Å². The lowest BCUT2D eigenvalue weighted by Gasteiger charge is -2.18. The smallest absolute Gasteiger partial charge is 0.257 e. The first kappa shape index (κ1) is 22.8. The number of hydrogen-bond acceptors (Lipinski definition) is 4. The number of pyridine rings is 1. The summed E-state index contributed by atoms with van der Waals surface area (Å²) >= 11 is 13.7. The Balaban J connectivity index is 1.59. The van der Waals surface area contributed by atoms with Gasteiger partial charge < -0.3 is 11.1 Å². The van der Waals surface area contributed by atoms with Crippen LogP contribution >= 0.6 is 34.5 Å². The fourth-order valence-electron chi connectivity index (χ4n) is 4.44. The van der Waals surface area contributed by atoms with Gasteiger partial charge in [0.15, 0.2) is 0 Å². The zero-order valence-electron chi connectivity index (χ0n) is 18.3. The highest BCUT2D eigenvalue weighted by Gasteiger charge is 2.28. The lowest BCUT2D eigenvalue weighted by atomic mass is 9.88. The molecule has 0 radical (unpaired) electrons. The van der Waals surface area contributed by atoms with E-state index in [4.69, 9.17) is 33.9 Å². The van der Waals surface area contributed by atoms with Crippen molar-refractivity contribution < 1.29 is 9.59 Å². The molecule has 1 aliphatic rings. The molecule has 0 fully saturated rings. The Labute approximate surface area is 210 Å². The second-order valence-corrected chi connectivity index (χ2v) is 10.5. The number of para-hydroxylation sites is 1. The van der Waals surface area contributed by atoms with Gasteiger partial charge in [-0.1, -0.05) is 54.4 Å². The number of nitrogens with zero attached hydrogens (tertiary/aromatic N) is 1. The van der Waals surface area contributed by atoms with Crippen molar-refractivity contribution in [2.45, 2.75) is 26.2 Å². The van der Waals surface area contributed by atoms with Crippen LogP contribution in [0.15, 0.2) is 48.5 Å². The van der Waals surface area contributed by atoms with Crippen LogP contribution in [0.4, 0.5) is 5.00 Å². The van der Waals surface area contributed by atoms with E-state index >= 15 is 0 Å². The Kier molecular flexibility index (Phi) is 6.06. The molecular weight excluding hydrogens is 489 g/mol. The summed E-state index contributed by atoms with van der Waals surface area (Å²) in [7, 11) is 0. The van der Waals surface area contributed by atoms with E-state index in [1.807, 2.05) is 30.3 Å². The standard InChI is InChI=1S/C26H21Cl2N3O2S/c1-13-6-8-16-22(10-13)34-26(23(16)24(29)32)31-25(33)17-12-21(14-7-9-18(27)19(28)11-14)30-20-5-3-2-4-15(17)20/h2-5,7,9,11-13H,6,8,10H2,1H3,(H2,29,32)(H,31,33). The molecule has 34 heavy (non-hydrogen) atoms. The number of carbonyl (C=O) groups is 2. The number of carbonyl (C=O) groups excluding carboxylic acids is 2. The lowest BCUT2D eigenvalue weighted by Crippen LogP contribution is -2.19. The number of anilines is 1. The molecule has 8 heteroatoms. The van der Waals surface area contributed by atoms with Crippen LogP contribution in [0.3, 0.4) is 0 Å². The minimum atomic E-state index is -0.515. The summed E-state index contributed by atoms with van der Waals surface area (Å²) in [5.74, 6) is -0.305. The van der Waals surface area contributed by atoms with Crippen LogP contribution < -0.4 is 11.1 Å². The average Bonchev–Trinajstić information content (AvgIpc) is 3.17. The van der Waals surface area contributed by atoms with Crippen LogP contribution in [-0.4, -0.2) is 16.8 Å². The van der Waals surface area contributed by atoms with Gasteiger partial charge >= 0.3 is 0 Å². The van der Waals surface area contributed by atoms with E-state index in [0.717, 1.165) is 35.3 Å². The molecule has 2 aromatic heterocycles. The van der Waals surface area contributed by atoms with Gasteiger partial charge in [-0.2, -0.15) is 0 Å². The molecule has 0 spiro atoms. The zero-order valence-corrected chi connectivity index (χ0v) is 20.7. The molecule has 3 N–H and O–H groups in total. The van der Waals surface area contributed by atoms with Gasteiger partial charge in [0.05, 0.1) is 32.4 Å². The van der Waals surface area contributed by atoms with Crippen LogP contribution in [-0.2, 0) is 12.8 Å². The average molecular weight is 510 g/mol. The maximum atomic E-state index is 13.6. The maximum Gasteiger partial charge on any atom is 0.257 e. The van der Waals surface area contributed by atoms with Crippen molar-refractivity contribution in [1.82, 2.24) is 4.98 Å². The van der Waals surface area contributed by atoms with Gasteiger partial charge in [0.1, 0.15) is 5.00 Å². The molecule has 0 aliphatic heterocycles. The van der Waals surface area contributed by atoms with Crippen molar-refractivity contribution in [3.63, 3.8) is 0 Å². The van der Waals surface area contributed by atoms with E-state index in [1.165, 1.54) is 11.3 Å². The highest BCUT2D eigenvalue weighted by Crippen LogP contribution is 2.40. The summed E-state index contributed by atoms with van der Waals surface area (Å²) in [6.45, 7) is 2.19.